The molecule has 0 bridgehead atoms. The molecule has 1 fully saturated rings. The number of cyclic esters (lactones) is 1. The normalized spacial score (nSPS) is 24.0. The number of likely N-dealkylation sites (N-methyl/N-ethyl adjacent to an activating group) is 2. The summed E-state index contributed by atoms with van der Waals surface area (Å²) < 4.78 is 7.31. The number of unbranched alkanes of at least 4 members (excludes halogenated alkanes) is 2. The molecule has 1 aromatic heterocycles. The van der Waals surface area contributed by atoms with Crippen molar-refractivity contribution in [1.29, 1.82) is 5.26 Å². The zero-order valence-electron chi connectivity index (χ0n) is 43.4. The molecule has 1 saturated heterocycles. The van der Waals surface area contributed by atoms with E-state index in [4.69, 9.17) is 9.57 Å². The molecule has 1 aromatic carbocycles. The number of rotatable bonds is 19. The van der Waals surface area contributed by atoms with Crippen molar-refractivity contribution in [2.24, 2.45) is 23.7 Å². The number of nitrogens with zero attached hydrogens (tertiary/aromatic N) is 4. The Morgan fingerprint density at radius 3 is 1.78 bits per heavy atom. The monoisotopic (exact) mass is 963 g/mol. The van der Waals surface area contributed by atoms with Crippen LogP contribution in [0.2, 0.25) is 0 Å². The summed E-state index contributed by atoms with van der Waals surface area (Å²) in [5.74, 6) is -5.05. The largest absolute Gasteiger partial charge is 0.451 e. The minimum Gasteiger partial charge on any atom is -0.451 e. The Morgan fingerprint density at radius 2 is 1.22 bits per heavy atom. The molecule has 0 unspecified atom stereocenters. The number of aromatic nitrogens is 1. The summed E-state index contributed by atoms with van der Waals surface area (Å²) in [5.41, 5.74) is 1.42. The average molecular weight is 963 g/mol. The Hall–Kier alpha value is -5.66. The number of fused-ring (bicyclic) bond motifs is 1. The van der Waals surface area contributed by atoms with Crippen molar-refractivity contribution in [3.8, 4) is 6.07 Å². The molecule has 6 amide bonds. The smallest absolute Gasteiger partial charge is 0.329 e. The van der Waals surface area contributed by atoms with E-state index in [-0.39, 0.29) is 68.6 Å². The quantitative estimate of drug-likeness (QED) is 0.128. The highest BCUT2D eigenvalue weighted by Gasteiger charge is 2.40. The molecule has 17 nitrogen and oxygen atoms in total. The highest BCUT2D eigenvalue weighted by atomic mass is 16.6. The number of esters is 1. The summed E-state index contributed by atoms with van der Waals surface area (Å²) in [5, 5.41) is 21.7. The van der Waals surface area contributed by atoms with Gasteiger partial charge in [-0.05, 0) is 67.9 Å². The Bertz CT molecular complexity index is 2080. The van der Waals surface area contributed by atoms with E-state index in [2.05, 4.69) is 35.1 Å². The fourth-order valence-electron chi connectivity index (χ4n) is 8.98. The molecule has 0 aliphatic carbocycles. The number of hydrogen-bond donors (Lipinski definition) is 4. The van der Waals surface area contributed by atoms with Gasteiger partial charge < -0.3 is 40.6 Å². The molecule has 69 heavy (non-hydrogen) atoms. The molecule has 0 saturated carbocycles. The highest BCUT2D eigenvalue weighted by molar-refractivity contribution is 5.98. The van der Waals surface area contributed by atoms with Crippen LogP contribution in [0, 0.1) is 35.0 Å². The Kier molecular flexibility index (Phi) is 23.5. The first-order valence-electron chi connectivity index (χ1n) is 25.1. The van der Waals surface area contributed by atoms with Crippen molar-refractivity contribution in [2.45, 2.75) is 188 Å². The zero-order valence-corrected chi connectivity index (χ0v) is 43.4. The van der Waals surface area contributed by atoms with E-state index in [1.807, 2.05) is 71.9 Å². The maximum absolute atomic E-state index is 15.0. The number of nitrogens with one attached hydrogen (secondary N) is 4. The van der Waals surface area contributed by atoms with Crippen LogP contribution in [0.3, 0.4) is 0 Å². The van der Waals surface area contributed by atoms with Crippen LogP contribution in [0.15, 0.2) is 30.5 Å². The molecular formula is C52H82N8O9. The van der Waals surface area contributed by atoms with Crippen molar-refractivity contribution in [2.75, 3.05) is 21.2 Å². The Balaban J connectivity index is 2.29. The van der Waals surface area contributed by atoms with E-state index in [0.717, 1.165) is 49.4 Å². The fourth-order valence-corrected chi connectivity index (χ4v) is 8.98. The molecule has 1 aliphatic rings. The van der Waals surface area contributed by atoms with Crippen LogP contribution in [0.1, 0.15) is 145 Å². The number of para-hydroxylation sites is 1. The molecule has 384 valence electrons. The first kappa shape index (κ1) is 57.7. The summed E-state index contributed by atoms with van der Waals surface area (Å²) in [7, 11) is 4.52. The van der Waals surface area contributed by atoms with E-state index >= 15 is 4.79 Å². The molecule has 0 spiro atoms. The minimum atomic E-state index is -1.50. The van der Waals surface area contributed by atoms with E-state index in [9.17, 15) is 34.0 Å². The summed E-state index contributed by atoms with van der Waals surface area (Å²) in [6.45, 7) is 17.1. The van der Waals surface area contributed by atoms with Crippen LogP contribution < -0.4 is 26.1 Å². The lowest BCUT2D eigenvalue weighted by molar-refractivity contribution is -0.159. The number of carbonyl (C=O) groups excluding carboxylic acids is 7. The van der Waals surface area contributed by atoms with Crippen molar-refractivity contribution in [3.63, 3.8) is 0 Å². The number of hydrogen-bond acceptors (Lipinski definition) is 10. The average Bonchev–Trinajstić information content (AvgIpc) is 3.67. The fraction of sp³-hybridized carbons (Fsp3) is 0.692. The lowest BCUT2D eigenvalue weighted by atomic mass is 9.94. The van der Waals surface area contributed by atoms with Gasteiger partial charge in [-0.3, -0.25) is 28.8 Å². The lowest BCUT2D eigenvalue weighted by Gasteiger charge is -2.35. The van der Waals surface area contributed by atoms with Gasteiger partial charge in [0.05, 0.1) is 11.6 Å². The number of carbonyl (C=O) groups is 7. The van der Waals surface area contributed by atoms with Crippen LogP contribution in [-0.4, -0.2) is 120 Å². The molecular weight excluding hydrogens is 881 g/mol. The molecule has 3 rings (SSSR count). The lowest BCUT2D eigenvalue weighted by Crippen LogP contribution is -2.60. The first-order valence-corrected chi connectivity index (χ1v) is 25.1. The Morgan fingerprint density at radius 1 is 0.696 bits per heavy atom. The van der Waals surface area contributed by atoms with Crippen molar-refractivity contribution in [1.82, 2.24) is 35.8 Å². The van der Waals surface area contributed by atoms with Crippen molar-refractivity contribution < 1.29 is 43.1 Å². The van der Waals surface area contributed by atoms with Crippen LogP contribution in [-0.2, 0) is 44.7 Å². The number of nitriles is 1. The van der Waals surface area contributed by atoms with E-state index in [1.165, 1.54) is 37.9 Å². The second-order valence-corrected chi connectivity index (χ2v) is 20.1. The van der Waals surface area contributed by atoms with Gasteiger partial charge in [0.2, 0.25) is 29.5 Å². The third-order valence-electron chi connectivity index (χ3n) is 13.0. The van der Waals surface area contributed by atoms with E-state index < -0.39 is 83.8 Å². The minimum absolute atomic E-state index is 0.00779. The van der Waals surface area contributed by atoms with E-state index in [1.54, 1.807) is 10.9 Å². The molecule has 1 aliphatic heterocycles. The van der Waals surface area contributed by atoms with Gasteiger partial charge in [0, 0.05) is 44.9 Å². The summed E-state index contributed by atoms with van der Waals surface area (Å²) >= 11 is 0. The SMILES string of the molecule is CCCC[C@@H](C)C[C@@H]1NC(=O)[C@H](Cc2cn(OC)c3ccccc23)N(C)C(=O)[C@H](CC(C)C)NC(=O)[C@H](CC(C)C)N(C)C(=O)[C@H](C[C@H](C)CCCC)NC(=O)[C@@H](CCC#N)OC(=O)[C@H](C)NC1=O. The molecule has 2 heterocycles. The van der Waals surface area contributed by atoms with E-state index in [0.29, 0.717) is 5.56 Å². The van der Waals surface area contributed by atoms with Gasteiger partial charge in [0.15, 0.2) is 6.10 Å². The predicted octanol–water partition coefficient (Wildman–Crippen LogP) is 5.61. The second-order valence-electron chi connectivity index (χ2n) is 20.1. The highest BCUT2D eigenvalue weighted by Crippen LogP contribution is 2.25. The van der Waals surface area contributed by atoms with Crippen LogP contribution in [0.4, 0.5) is 0 Å². The third kappa shape index (κ3) is 17.1. The molecule has 17 heteroatoms. The topological polar surface area (TPSA) is 221 Å². The molecule has 0 radical (unpaired) electrons. The third-order valence-corrected chi connectivity index (χ3v) is 13.0. The van der Waals surface area contributed by atoms with Gasteiger partial charge in [-0.25, -0.2) is 4.79 Å². The maximum Gasteiger partial charge on any atom is 0.329 e. The van der Waals surface area contributed by atoms with Crippen molar-refractivity contribution in [3.05, 3.63) is 36.0 Å². The maximum atomic E-state index is 15.0. The standard InChI is InChI=1S/C52H82N8O9/c1-13-15-20-34(7)28-39-46(61)54-36(9)52(67)69-45(24-19-25-53)49(64)57-41(29-35(8)21-16-14-2)51(66)58(10)43(27-33(5)6)47(62)56-40(26-32(3)4)50(65)59(11)44(48(63)55-39)30-37-31-60(68-12)42-23-18-17-22-38(37)42/h17-18,22-23,31-36,39-41,43-45H,13-16,19-21,24,26-30H2,1-12H3,(H,54,61)(H,55,63)(H,56,62)(H,57,64)/t34-,35-,36+,39+,40+,41+,43+,44+,45-/m1/s1. The van der Waals surface area contributed by atoms with Crippen LogP contribution in [0.5, 0.6) is 0 Å². The summed E-state index contributed by atoms with van der Waals surface area (Å²) in [6.07, 6.45) is 5.82. The van der Waals surface area contributed by atoms with Gasteiger partial charge in [-0.1, -0.05) is 112 Å². The van der Waals surface area contributed by atoms with Gasteiger partial charge in [0.1, 0.15) is 43.4 Å². The van der Waals surface area contributed by atoms with Gasteiger partial charge in [0.25, 0.3) is 5.91 Å². The number of ether oxygens (including phenoxy) is 1. The Labute approximate surface area is 410 Å². The second kappa shape index (κ2) is 28.1. The van der Waals surface area contributed by atoms with Gasteiger partial charge >= 0.3 is 5.97 Å². The molecule has 2 aromatic rings. The van der Waals surface area contributed by atoms with Gasteiger partial charge in [-0.2, -0.15) is 9.99 Å². The van der Waals surface area contributed by atoms with Crippen LogP contribution in [0.25, 0.3) is 10.9 Å². The number of benzene rings is 1. The van der Waals surface area contributed by atoms with Crippen LogP contribution >= 0.6 is 0 Å². The predicted molar refractivity (Wildman–Crippen MR) is 265 cm³/mol. The molecule has 9 atom stereocenters. The zero-order chi connectivity index (χ0) is 51.5. The first-order chi connectivity index (χ1) is 32.7. The summed E-state index contributed by atoms with van der Waals surface area (Å²) in [4.78, 5) is 110. The van der Waals surface area contributed by atoms with Crippen molar-refractivity contribution >= 4 is 52.3 Å². The van der Waals surface area contributed by atoms with Gasteiger partial charge in [-0.15, -0.1) is 0 Å². The summed E-state index contributed by atoms with van der Waals surface area (Å²) in [6, 6.07) is 2.41. The molecule has 4 N–H and O–H groups in total. The number of amides is 6.